The summed E-state index contributed by atoms with van der Waals surface area (Å²) >= 11 is 6.43. The maximum atomic E-state index is 11.5. The van der Waals surface area contributed by atoms with Crippen LogP contribution in [-0.2, 0) is 0 Å². The first kappa shape index (κ1) is 16.8. The first-order valence-corrected chi connectivity index (χ1v) is 8.98. The predicted octanol–water partition coefficient (Wildman–Crippen LogP) is 3.53. The van der Waals surface area contributed by atoms with E-state index in [1.165, 1.54) is 0 Å². The fourth-order valence-corrected chi connectivity index (χ4v) is 3.88. The number of nitrogens with zero attached hydrogens (tertiary/aromatic N) is 4. The maximum absolute atomic E-state index is 11.5. The second kappa shape index (κ2) is 6.61. The quantitative estimate of drug-likeness (QED) is 0.713. The standard InChI is InChI=1S/C19H20ClN5O/c1-12(26)13-3-4-17(16(20)9-13)24(2)14-6-8-25(10-14)19-15-5-7-21-18(15)22-11-23-19/h3-5,7,9,11,14H,6,8,10H2,1-2H3,(H,21,22,23). The Hall–Kier alpha value is -2.60. The number of fused-ring (bicyclic) bond motifs is 1. The van der Waals surface area contributed by atoms with Gasteiger partial charge in [0.1, 0.15) is 17.8 Å². The molecule has 3 heterocycles. The van der Waals surface area contributed by atoms with Crippen LogP contribution < -0.4 is 9.80 Å². The number of benzene rings is 1. The van der Waals surface area contributed by atoms with Crippen molar-refractivity contribution in [2.45, 2.75) is 19.4 Å². The van der Waals surface area contributed by atoms with Crippen LogP contribution in [0.4, 0.5) is 11.5 Å². The normalized spacial score (nSPS) is 17.0. The van der Waals surface area contributed by atoms with E-state index in [4.69, 9.17) is 11.6 Å². The molecule has 0 spiro atoms. The Kier molecular flexibility index (Phi) is 4.28. The van der Waals surface area contributed by atoms with Crippen molar-refractivity contribution in [3.63, 3.8) is 0 Å². The number of nitrogens with one attached hydrogen (secondary N) is 1. The lowest BCUT2D eigenvalue weighted by Crippen LogP contribution is -2.35. The van der Waals surface area contributed by atoms with E-state index in [0.717, 1.165) is 42.0 Å². The Labute approximate surface area is 156 Å². The Morgan fingerprint density at radius 2 is 2.19 bits per heavy atom. The molecule has 7 heteroatoms. The molecule has 26 heavy (non-hydrogen) atoms. The molecule has 1 fully saturated rings. The van der Waals surface area contributed by atoms with Crippen LogP contribution in [0.5, 0.6) is 0 Å². The summed E-state index contributed by atoms with van der Waals surface area (Å²) in [6, 6.07) is 7.84. The number of hydrogen-bond donors (Lipinski definition) is 1. The van der Waals surface area contributed by atoms with Gasteiger partial charge in [-0.1, -0.05) is 11.6 Å². The molecule has 0 aliphatic carbocycles. The van der Waals surface area contributed by atoms with Gasteiger partial charge < -0.3 is 14.8 Å². The molecule has 0 amide bonds. The highest BCUT2D eigenvalue weighted by Gasteiger charge is 2.29. The number of likely N-dealkylation sites (N-methyl/N-ethyl adjacent to an activating group) is 1. The van der Waals surface area contributed by atoms with Crippen molar-refractivity contribution >= 4 is 39.9 Å². The third-order valence-corrected chi connectivity index (χ3v) is 5.38. The molecule has 1 aromatic carbocycles. The van der Waals surface area contributed by atoms with Gasteiger partial charge in [0.2, 0.25) is 0 Å². The predicted molar refractivity (Wildman–Crippen MR) is 104 cm³/mol. The van der Waals surface area contributed by atoms with Gasteiger partial charge in [0, 0.05) is 37.9 Å². The number of carbonyl (C=O) groups is 1. The largest absolute Gasteiger partial charge is 0.369 e. The second-order valence-corrected chi connectivity index (χ2v) is 7.07. The lowest BCUT2D eigenvalue weighted by molar-refractivity contribution is 0.101. The zero-order valence-electron chi connectivity index (χ0n) is 14.7. The van der Waals surface area contributed by atoms with Gasteiger partial charge in [0.15, 0.2) is 5.78 Å². The van der Waals surface area contributed by atoms with E-state index in [1.807, 2.05) is 24.4 Å². The van der Waals surface area contributed by atoms with E-state index in [0.29, 0.717) is 16.6 Å². The fraction of sp³-hybridized carbons (Fsp3) is 0.316. The summed E-state index contributed by atoms with van der Waals surface area (Å²) in [5.74, 6) is 0.984. The van der Waals surface area contributed by atoms with Crippen LogP contribution in [0.1, 0.15) is 23.7 Å². The van der Waals surface area contributed by atoms with E-state index < -0.39 is 0 Å². The molecule has 134 valence electrons. The molecule has 1 atom stereocenters. The van der Waals surface area contributed by atoms with E-state index >= 15 is 0 Å². The van der Waals surface area contributed by atoms with Gasteiger partial charge in [-0.25, -0.2) is 9.97 Å². The maximum Gasteiger partial charge on any atom is 0.159 e. The van der Waals surface area contributed by atoms with Crippen LogP contribution in [-0.4, -0.2) is 46.9 Å². The summed E-state index contributed by atoms with van der Waals surface area (Å²) in [7, 11) is 2.05. The highest BCUT2D eigenvalue weighted by Crippen LogP contribution is 2.32. The molecule has 1 aliphatic heterocycles. The number of rotatable bonds is 4. The lowest BCUT2D eigenvalue weighted by atomic mass is 10.1. The van der Waals surface area contributed by atoms with Crippen LogP contribution in [0, 0.1) is 0 Å². The van der Waals surface area contributed by atoms with Gasteiger partial charge in [0.25, 0.3) is 0 Å². The Balaban J connectivity index is 1.55. The van der Waals surface area contributed by atoms with Gasteiger partial charge in [0.05, 0.1) is 16.1 Å². The number of hydrogen-bond acceptors (Lipinski definition) is 5. The molecule has 6 nitrogen and oxygen atoms in total. The van der Waals surface area contributed by atoms with Crippen molar-refractivity contribution in [3.8, 4) is 0 Å². The van der Waals surface area contributed by atoms with Gasteiger partial charge in [-0.2, -0.15) is 0 Å². The number of Topliss-reactive ketones (excluding diaryl/α,β-unsaturated/α-hetero) is 1. The van der Waals surface area contributed by atoms with Crippen molar-refractivity contribution in [3.05, 3.63) is 47.4 Å². The topological polar surface area (TPSA) is 65.1 Å². The number of aromatic nitrogens is 3. The molecular weight excluding hydrogens is 350 g/mol. The minimum atomic E-state index is 0.0208. The van der Waals surface area contributed by atoms with Crippen LogP contribution in [0.15, 0.2) is 36.8 Å². The SMILES string of the molecule is CC(=O)c1ccc(N(C)C2CCN(c3ncnc4[nH]ccc34)C2)c(Cl)c1. The Bertz CT molecular complexity index is 969. The van der Waals surface area contributed by atoms with Crippen molar-refractivity contribution in [1.29, 1.82) is 0 Å². The minimum Gasteiger partial charge on any atom is -0.369 e. The lowest BCUT2D eigenvalue weighted by Gasteiger charge is -2.28. The van der Waals surface area contributed by atoms with E-state index in [-0.39, 0.29) is 5.78 Å². The molecular formula is C19H20ClN5O. The number of anilines is 2. The van der Waals surface area contributed by atoms with Crippen LogP contribution in [0.3, 0.4) is 0 Å². The summed E-state index contributed by atoms with van der Waals surface area (Å²) in [6.45, 7) is 3.33. The second-order valence-electron chi connectivity index (χ2n) is 6.66. The average Bonchev–Trinajstić information content (AvgIpc) is 3.30. The summed E-state index contributed by atoms with van der Waals surface area (Å²) in [4.78, 5) is 27.9. The van der Waals surface area contributed by atoms with Crippen LogP contribution >= 0.6 is 11.6 Å². The van der Waals surface area contributed by atoms with Crippen LogP contribution in [0.2, 0.25) is 5.02 Å². The monoisotopic (exact) mass is 369 g/mol. The zero-order chi connectivity index (χ0) is 18.3. The van der Waals surface area contributed by atoms with E-state index in [2.05, 4.69) is 31.8 Å². The third kappa shape index (κ3) is 2.90. The van der Waals surface area contributed by atoms with Crippen molar-refractivity contribution in [1.82, 2.24) is 15.0 Å². The highest BCUT2D eigenvalue weighted by atomic mass is 35.5. The molecule has 0 radical (unpaired) electrons. The van der Waals surface area contributed by atoms with Gasteiger partial charge in [-0.3, -0.25) is 4.79 Å². The molecule has 4 rings (SSSR count). The third-order valence-electron chi connectivity index (χ3n) is 5.08. The molecule has 1 unspecified atom stereocenters. The summed E-state index contributed by atoms with van der Waals surface area (Å²) in [5, 5.41) is 1.65. The minimum absolute atomic E-state index is 0.0208. The first-order chi connectivity index (χ1) is 12.5. The molecule has 2 aromatic heterocycles. The molecule has 0 saturated carbocycles. The van der Waals surface area contributed by atoms with Gasteiger partial charge in [-0.15, -0.1) is 0 Å². The van der Waals surface area contributed by atoms with Crippen molar-refractivity contribution in [2.75, 3.05) is 29.9 Å². The van der Waals surface area contributed by atoms with E-state index in [9.17, 15) is 4.79 Å². The summed E-state index contributed by atoms with van der Waals surface area (Å²) < 4.78 is 0. The molecule has 1 saturated heterocycles. The smallest absolute Gasteiger partial charge is 0.159 e. The van der Waals surface area contributed by atoms with Crippen molar-refractivity contribution in [2.24, 2.45) is 0 Å². The van der Waals surface area contributed by atoms with Gasteiger partial charge in [-0.05, 0) is 37.6 Å². The fourth-order valence-electron chi connectivity index (χ4n) is 3.57. The molecule has 1 N–H and O–H groups in total. The average molecular weight is 370 g/mol. The Morgan fingerprint density at radius 3 is 2.96 bits per heavy atom. The number of carbonyl (C=O) groups excluding carboxylic acids is 1. The number of ketones is 1. The first-order valence-electron chi connectivity index (χ1n) is 8.61. The summed E-state index contributed by atoms with van der Waals surface area (Å²) in [5.41, 5.74) is 2.43. The van der Waals surface area contributed by atoms with Gasteiger partial charge >= 0.3 is 0 Å². The highest BCUT2D eigenvalue weighted by molar-refractivity contribution is 6.33. The van der Waals surface area contributed by atoms with Crippen molar-refractivity contribution < 1.29 is 4.79 Å². The number of halogens is 1. The molecule has 0 bridgehead atoms. The summed E-state index contributed by atoms with van der Waals surface area (Å²) in [6.07, 6.45) is 4.50. The molecule has 1 aliphatic rings. The zero-order valence-corrected chi connectivity index (χ0v) is 15.5. The molecule has 3 aromatic rings. The number of H-pyrrole nitrogens is 1. The Morgan fingerprint density at radius 1 is 1.35 bits per heavy atom. The van der Waals surface area contributed by atoms with Crippen LogP contribution in [0.25, 0.3) is 11.0 Å². The number of aromatic amines is 1. The van der Waals surface area contributed by atoms with E-state index in [1.54, 1.807) is 19.3 Å².